The average Bonchev–Trinajstić information content (AvgIpc) is 3.34. The number of nitro groups is 1. The molecular formula is C16H22N2O4. The molecule has 0 spiro atoms. The van der Waals surface area contributed by atoms with E-state index < -0.39 is 0 Å². The molecule has 3 rings (SSSR count). The molecule has 1 N–H and O–H groups in total. The van der Waals surface area contributed by atoms with Crippen LogP contribution in [0.5, 0.6) is 0 Å². The van der Waals surface area contributed by atoms with Crippen molar-refractivity contribution in [2.24, 2.45) is 5.92 Å². The molecule has 22 heavy (non-hydrogen) atoms. The van der Waals surface area contributed by atoms with Gasteiger partial charge in [0, 0.05) is 43.1 Å². The predicted molar refractivity (Wildman–Crippen MR) is 82.9 cm³/mol. The third kappa shape index (κ3) is 3.56. The minimum Gasteiger partial charge on any atom is -0.382 e. The summed E-state index contributed by atoms with van der Waals surface area (Å²) in [4.78, 5) is 10.5. The van der Waals surface area contributed by atoms with Crippen molar-refractivity contribution in [3.05, 3.63) is 33.9 Å². The van der Waals surface area contributed by atoms with Gasteiger partial charge in [-0.3, -0.25) is 10.1 Å². The van der Waals surface area contributed by atoms with Crippen molar-refractivity contribution in [1.82, 2.24) is 0 Å². The molecule has 0 bridgehead atoms. The van der Waals surface area contributed by atoms with E-state index in [1.807, 2.05) is 0 Å². The summed E-state index contributed by atoms with van der Waals surface area (Å²) in [7, 11) is 1.60. The van der Waals surface area contributed by atoms with Crippen LogP contribution < -0.4 is 5.32 Å². The molecule has 6 heteroatoms. The molecule has 0 radical (unpaired) electrons. The molecule has 2 aliphatic rings. The Hall–Kier alpha value is -1.66. The van der Waals surface area contributed by atoms with Gasteiger partial charge in [-0.1, -0.05) is 0 Å². The van der Waals surface area contributed by atoms with E-state index in [-0.39, 0.29) is 10.6 Å². The smallest absolute Gasteiger partial charge is 0.269 e. The molecule has 1 aromatic carbocycles. The van der Waals surface area contributed by atoms with E-state index in [4.69, 9.17) is 9.47 Å². The third-order valence-corrected chi connectivity index (χ3v) is 4.42. The van der Waals surface area contributed by atoms with Crippen LogP contribution >= 0.6 is 0 Å². The maximum Gasteiger partial charge on any atom is 0.269 e. The summed E-state index contributed by atoms with van der Waals surface area (Å²) < 4.78 is 11.0. The van der Waals surface area contributed by atoms with E-state index in [1.54, 1.807) is 25.3 Å². The van der Waals surface area contributed by atoms with Crippen LogP contribution in [0.2, 0.25) is 0 Å². The van der Waals surface area contributed by atoms with Crippen LogP contribution in [-0.2, 0) is 16.1 Å². The standard InChI is InChI=1S/C16H22N2O4/c1-21-10-12-8-14(18(19)20)4-5-15(12)17-13-6-7-22-16(9-13)11-2-3-11/h4-5,8,11,13,16-17H,2-3,6-7,9-10H2,1H3. The normalized spacial score (nSPS) is 25.0. The first kappa shape index (κ1) is 15.2. The van der Waals surface area contributed by atoms with Crippen molar-refractivity contribution < 1.29 is 14.4 Å². The summed E-state index contributed by atoms with van der Waals surface area (Å²) in [6, 6.07) is 5.27. The highest BCUT2D eigenvalue weighted by Gasteiger charge is 2.35. The number of nitrogens with zero attached hydrogens (tertiary/aromatic N) is 1. The van der Waals surface area contributed by atoms with E-state index in [0.29, 0.717) is 18.8 Å². The predicted octanol–water partition coefficient (Wildman–Crippen LogP) is 3.11. The van der Waals surface area contributed by atoms with Gasteiger partial charge >= 0.3 is 0 Å². The number of anilines is 1. The molecule has 0 amide bonds. The first-order valence-corrected chi connectivity index (χ1v) is 7.81. The van der Waals surface area contributed by atoms with E-state index in [0.717, 1.165) is 36.6 Å². The van der Waals surface area contributed by atoms with Gasteiger partial charge in [0.15, 0.2) is 0 Å². The van der Waals surface area contributed by atoms with E-state index in [2.05, 4.69) is 5.32 Å². The molecular weight excluding hydrogens is 284 g/mol. The largest absolute Gasteiger partial charge is 0.382 e. The lowest BCUT2D eigenvalue weighted by Gasteiger charge is -2.31. The average molecular weight is 306 g/mol. The first-order chi connectivity index (χ1) is 10.7. The van der Waals surface area contributed by atoms with Gasteiger partial charge in [0.2, 0.25) is 0 Å². The topological polar surface area (TPSA) is 73.6 Å². The van der Waals surface area contributed by atoms with E-state index >= 15 is 0 Å². The lowest BCUT2D eigenvalue weighted by atomic mass is 9.99. The summed E-state index contributed by atoms with van der Waals surface area (Å²) in [6.07, 6.45) is 4.91. The Balaban J connectivity index is 1.71. The Morgan fingerprint density at radius 3 is 2.91 bits per heavy atom. The van der Waals surface area contributed by atoms with Crippen LogP contribution in [0.3, 0.4) is 0 Å². The van der Waals surface area contributed by atoms with E-state index in [9.17, 15) is 10.1 Å². The quantitative estimate of drug-likeness (QED) is 0.645. The lowest BCUT2D eigenvalue weighted by Crippen LogP contribution is -2.35. The number of methoxy groups -OCH3 is 1. The van der Waals surface area contributed by atoms with Gasteiger partial charge in [-0.05, 0) is 37.7 Å². The van der Waals surface area contributed by atoms with Crippen molar-refractivity contribution in [3.63, 3.8) is 0 Å². The van der Waals surface area contributed by atoms with Gasteiger partial charge in [0.1, 0.15) is 0 Å². The summed E-state index contributed by atoms with van der Waals surface area (Å²) in [6.45, 7) is 1.14. The molecule has 2 fully saturated rings. The Morgan fingerprint density at radius 1 is 1.41 bits per heavy atom. The summed E-state index contributed by atoms with van der Waals surface area (Å²) >= 11 is 0. The van der Waals surface area contributed by atoms with Crippen LogP contribution in [0.25, 0.3) is 0 Å². The fourth-order valence-electron chi connectivity index (χ4n) is 3.08. The zero-order chi connectivity index (χ0) is 15.5. The molecule has 1 aliphatic carbocycles. The first-order valence-electron chi connectivity index (χ1n) is 7.81. The van der Waals surface area contributed by atoms with Crippen molar-refractivity contribution >= 4 is 11.4 Å². The van der Waals surface area contributed by atoms with Crippen molar-refractivity contribution in [3.8, 4) is 0 Å². The van der Waals surface area contributed by atoms with Crippen LogP contribution in [0.1, 0.15) is 31.2 Å². The number of hydrogen-bond donors (Lipinski definition) is 1. The number of rotatable bonds is 6. The number of ether oxygens (including phenoxy) is 2. The number of nitrogens with one attached hydrogen (secondary N) is 1. The molecule has 1 saturated heterocycles. The molecule has 1 aliphatic heterocycles. The maximum absolute atomic E-state index is 10.9. The highest BCUT2D eigenvalue weighted by molar-refractivity contribution is 5.56. The number of hydrogen-bond acceptors (Lipinski definition) is 5. The molecule has 6 nitrogen and oxygen atoms in total. The van der Waals surface area contributed by atoms with Gasteiger partial charge in [0.25, 0.3) is 5.69 Å². The second-order valence-corrected chi connectivity index (χ2v) is 6.14. The van der Waals surface area contributed by atoms with Crippen LogP contribution in [0.15, 0.2) is 18.2 Å². The van der Waals surface area contributed by atoms with Crippen LogP contribution in [0, 0.1) is 16.0 Å². The van der Waals surface area contributed by atoms with Gasteiger partial charge in [-0.25, -0.2) is 0 Å². The summed E-state index contributed by atoms with van der Waals surface area (Å²) in [5.41, 5.74) is 1.85. The zero-order valence-corrected chi connectivity index (χ0v) is 12.8. The van der Waals surface area contributed by atoms with Gasteiger partial charge in [-0.2, -0.15) is 0 Å². The van der Waals surface area contributed by atoms with Crippen molar-refractivity contribution in [1.29, 1.82) is 0 Å². The Morgan fingerprint density at radius 2 is 2.23 bits per heavy atom. The molecule has 1 saturated carbocycles. The van der Waals surface area contributed by atoms with Crippen molar-refractivity contribution in [2.45, 2.75) is 44.4 Å². The number of nitro benzene ring substituents is 1. The minimum absolute atomic E-state index is 0.0976. The Labute approximate surface area is 129 Å². The molecule has 1 aromatic rings. The molecule has 1 heterocycles. The molecule has 2 atom stereocenters. The number of non-ortho nitro benzene ring substituents is 1. The third-order valence-electron chi connectivity index (χ3n) is 4.42. The summed E-state index contributed by atoms with van der Waals surface area (Å²) in [5, 5.41) is 14.4. The lowest BCUT2D eigenvalue weighted by molar-refractivity contribution is -0.384. The Kier molecular flexibility index (Phi) is 4.59. The number of benzene rings is 1. The maximum atomic E-state index is 10.9. The highest BCUT2D eigenvalue weighted by Crippen LogP contribution is 2.38. The second kappa shape index (κ2) is 6.62. The highest BCUT2D eigenvalue weighted by atomic mass is 16.6. The monoisotopic (exact) mass is 306 g/mol. The van der Waals surface area contributed by atoms with E-state index in [1.165, 1.54) is 12.8 Å². The minimum atomic E-state index is -0.374. The fraction of sp³-hybridized carbons (Fsp3) is 0.625. The molecule has 0 aromatic heterocycles. The fourth-order valence-corrected chi connectivity index (χ4v) is 3.08. The van der Waals surface area contributed by atoms with Gasteiger partial charge < -0.3 is 14.8 Å². The van der Waals surface area contributed by atoms with Gasteiger partial charge in [-0.15, -0.1) is 0 Å². The van der Waals surface area contributed by atoms with Gasteiger partial charge in [0.05, 0.1) is 17.6 Å². The van der Waals surface area contributed by atoms with Crippen LogP contribution in [-0.4, -0.2) is 30.8 Å². The molecule has 2 unspecified atom stereocenters. The van der Waals surface area contributed by atoms with Crippen molar-refractivity contribution in [2.75, 3.05) is 19.0 Å². The second-order valence-electron chi connectivity index (χ2n) is 6.14. The Bertz CT molecular complexity index is 545. The van der Waals surface area contributed by atoms with Crippen LogP contribution in [0.4, 0.5) is 11.4 Å². The zero-order valence-electron chi connectivity index (χ0n) is 12.8. The SMILES string of the molecule is COCc1cc([N+](=O)[O-])ccc1NC1CCOC(C2CC2)C1. The summed E-state index contributed by atoms with van der Waals surface area (Å²) in [5.74, 6) is 0.736. The molecule has 120 valence electrons.